The quantitative estimate of drug-likeness (QED) is 0.614. The van der Waals surface area contributed by atoms with Gasteiger partial charge in [0.15, 0.2) is 5.96 Å². The summed E-state index contributed by atoms with van der Waals surface area (Å²) in [6.07, 6.45) is 9.70. The maximum absolute atomic E-state index is 5.55. The molecule has 0 aromatic rings. The number of rotatable bonds is 5. The minimum Gasteiger partial charge on any atom is -0.381 e. The van der Waals surface area contributed by atoms with Crippen LogP contribution in [0.2, 0.25) is 0 Å². The second-order valence-corrected chi connectivity index (χ2v) is 8.76. The lowest BCUT2D eigenvalue weighted by Crippen LogP contribution is -2.53. The number of aliphatic imine (C=N–C) groups is 1. The molecule has 0 amide bonds. The summed E-state index contributed by atoms with van der Waals surface area (Å²) in [6.45, 7) is 9.77. The Labute approximate surface area is 146 Å². The van der Waals surface area contributed by atoms with E-state index in [4.69, 9.17) is 4.74 Å². The summed E-state index contributed by atoms with van der Waals surface area (Å²) < 4.78 is 5.85. The molecule has 1 atom stereocenters. The molecule has 1 unspecified atom stereocenters. The highest BCUT2D eigenvalue weighted by atomic mass is 32.2. The zero-order valence-corrected chi connectivity index (χ0v) is 16.3. The Balaban J connectivity index is 1.94. The molecule has 2 heterocycles. The molecule has 23 heavy (non-hydrogen) atoms. The third-order valence-electron chi connectivity index (χ3n) is 5.55. The van der Waals surface area contributed by atoms with Gasteiger partial charge in [-0.1, -0.05) is 20.3 Å². The van der Waals surface area contributed by atoms with Gasteiger partial charge in [0.2, 0.25) is 0 Å². The van der Waals surface area contributed by atoms with Crippen molar-refractivity contribution in [2.45, 2.75) is 57.1 Å². The molecule has 134 valence electrons. The van der Waals surface area contributed by atoms with Crippen LogP contribution < -0.4 is 5.32 Å². The predicted octanol–water partition coefficient (Wildman–Crippen LogP) is 3.38. The maximum Gasteiger partial charge on any atom is 0.193 e. The zero-order chi connectivity index (χ0) is 16.8. The Morgan fingerprint density at radius 2 is 2.04 bits per heavy atom. The second kappa shape index (κ2) is 8.61. The van der Waals surface area contributed by atoms with Gasteiger partial charge in [0, 0.05) is 44.6 Å². The van der Waals surface area contributed by atoms with Crippen LogP contribution in [-0.4, -0.2) is 61.8 Å². The largest absolute Gasteiger partial charge is 0.381 e. The number of nitrogens with zero attached hydrogens (tertiary/aromatic N) is 2. The Bertz CT molecular complexity index is 392. The lowest BCUT2D eigenvalue weighted by molar-refractivity contribution is 0.0778. The van der Waals surface area contributed by atoms with Crippen molar-refractivity contribution in [1.82, 2.24) is 10.2 Å². The van der Waals surface area contributed by atoms with Gasteiger partial charge in [-0.15, -0.1) is 0 Å². The molecular weight excluding hydrogens is 306 g/mol. The molecule has 0 aromatic heterocycles. The molecule has 2 rings (SSSR count). The number of likely N-dealkylation sites (tertiary alicyclic amines) is 1. The highest BCUT2D eigenvalue weighted by Crippen LogP contribution is 2.35. The average Bonchev–Trinajstić information content (AvgIpc) is 2.56. The Kier molecular flexibility index (Phi) is 7.08. The van der Waals surface area contributed by atoms with E-state index in [9.17, 15) is 0 Å². The van der Waals surface area contributed by atoms with Gasteiger partial charge >= 0.3 is 0 Å². The van der Waals surface area contributed by atoms with Crippen LogP contribution in [-0.2, 0) is 4.74 Å². The first-order valence-corrected chi connectivity index (χ1v) is 10.4. The molecule has 0 aliphatic carbocycles. The molecule has 5 heteroatoms. The fraction of sp³-hybridized carbons (Fsp3) is 0.944. The Morgan fingerprint density at radius 3 is 2.65 bits per heavy atom. The van der Waals surface area contributed by atoms with Crippen LogP contribution in [0.5, 0.6) is 0 Å². The summed E-state index contributed by atoms with van der Waals surface area (Å²) in [6, 6.07) is 0. The van der Waals surface area contributed by atoms with Crippen molar-refractivity contribution < 1.29 is 4.74 Å². The van der Waals surface area contributed by atoms with Crippen molar-refractivity contribution in [3.8, 4) is 0 Å². The van der Waals surface area contributed by atoms with Crippen molar-refractivity contribution in [1.29, 1.82) is 0 Å². The van der Waals surface area contributed by atoms with Crippen molar-refractivity contribution >= 4 is 17.7 Å². The maximum atomic E-state index is 5.55. The number of nitrogens with one attached hydrogen (secondary N) is 1. The van der Waals surface area contributed by atoms with E-state index in [0.29, 0.717) is 10.2 Å². The van der Waals surface area contributed by atoms with E-state index < -0.39 is 0 Å². The van der Waals surface area contributed by atoms with E-state index in [2.05, 4.69) is 35.3 Å². The van der Waals surface area contributed by atoms with E-state index in [1.54, 1.807) is 0 Å². The Morgan fingerprint density at radius 1 is 1.30 bits per heavy atom. The van der Waals surface area contributed by atoms with Crippen molar-refractivity contribution in [2.24, 2.45) is 10.4 Å². The summed E-state index contributed by atoms with van der Waals surface area (Å²) >= 11 is 1.98. The van der Waals surface area contributed by atoms with Crippen LogP contribution >= 0.6 is 11.8 Å². The first-order valence-electron chi connectivity index (χ1n) is 9.15. The third kappa shape index (κ3) is 5.02. The summed E-state index contributed by atoms with van der Waals surface area (Å²) in [4.78, 5) is 7.06. The van der Waals surface area contributed by atoms with E-state index >= 15 is 0 Å². The van der Waals surface area contributed by atoms with Crippen molar-refractivity contribution in [2.75, 3.05) is 46.2 Å². The summed E-state index contributed by atoms with van der Waals surface area (Å²) in [5.74, 6) is 1.09. The molecule has 0 aromatic carbocycles. The number of ether oxygens (including phenoxy) is 1. The van der Waals surface area contributed by atoms with Crippen LogP contribution in [0.1, 0.15) is 52.4 Å². The van der Waals surface area contributed by atoms with E-state index in [1.807, 2.05) is 18.8 Å². The highest BCUT2D eigenvalue weighted by molar-refractivity contribution is 8.00. The standard InChI is InChI=1S/C18H35N3OS/c1-5-7-17(2)8-6-11-21(15-17)16(19-3)20-14-18(23-4)9-12-22-13-10-18/h5-15H2,1-4H3,(H,19,20). The molecule has 4 nitrogen and oxygen atoms in total. The van der Waals surface area contributed by atoms with Crippen LogP contribution in [0.15, 0.2) is 4.99 Å². The minimum absolute atomic E-state index is 0.302. The highest BCUT2D eigenvalue weighted by Gasteiger charge is 2.34. The molecule has 0 bridgehead atoms. The van der Waals surface area contributed by atoms with Crippen molar-refractivity contribution in [3.63, 3.8) is 0 Å². The molecular formula is C18H35N3OS. The summed E-state index contributed by atoms with van der Waals surface area (Å²) in [7, 11) is 1.92. The van der Waals surface area contributed by atoms with E-state index in [-0.39, 0.29) is 0 Å². The first-order chi connectivity index (χ1) is 11.1. The van der Waals surface area contributed by atoms with Gasteiger partial charge < -0.3 is 15.0 Å². The van der Waals surface area contributed by atoms with Crippen LogP contribution in [0.3, 0.4) is 0 Å². The normalized spacial score (nSPS) is 28.7. The zero-order valence-electron chi connectivity index (χ0n) is 15.5. The number of hydrogen-bond acceptors (Lipinski definition) is 3. The third-order valence-corrected chi connectivity index (χ3v) is 6.97. The lowest BCUT2D eigenvalue weighted by atomic mass is 9.78. The van der Waals surface area contributed by atoms with Gasteiger partial charge in [-0.2, -0.15) is 11.8 Å². The van der Waals surface area contributed by atoms with Crippen LogP contribution in [0.4, 0.5) is 0 Å². The predicted molar refractivity (Wildman–Crippen MR) is 101 cm³/mol. The molecule has 2 aliphatic rings. The SMILES string of the molecule is CCCC1(C)CCCN(C(=NC)NCC2(SC)CCOCC2)C1. The topological polar surface area (TPSA) is 36.9 Å². The number of piperidine rings is 1. The summed E-state index contributed by atoms with van der Waals surface area (Å²) in [5.41, 5.74) is 0.445. The van der Waals surface area contributed by atoms with Gasteiger partial charge in [-0.25, -0.2) is 0 Å². The van der Waals surface area contributed by atoms with Gasteiger partial charge in [0.05, 0.1) is 0 Å². The van der Waals surface area contributed by atoms with E-state index in [0.717, 1.165) is 51.6 Å². The molecule has 2 aliphatic heterocycles. The van der Waals surface area contributed by atoms with Crippen molar-refractivity contribution in [3.05, 3.63) is 0 Å². The van der Waals surface area contributed by atoms with Gasteiger partial charge in [-0.05, 0) is 43.8 Å². The molecule has 0 radical (unpaired) electrons. The molecule has 1 N–H and O–H groups in total. The smallest absolute Gasteiger partial charge is 0.193 e. The van der Waals surface area contributed by atoms with Crippen LogP contribution in [0, 0.1) is 5.41 Å². The lowest BCUT2D eigenvalue weighted by Gasteiger charge is -2.43. The molecule has 0 saturated carbocycles. The number of thioether (sulfide) groups is 1. The average molecular weight is 342 g/mol. The van der Waals surface area contributed by atoms with E-state index in [1.165, 1.54) is 25.7 Å². The monoisotopic (exact) mass is 341 g/mol. The molecule has 2 saturated heterocycles. The fourth-order valence-corrected chi connectivity index (χ4v) is 4.86. The summed E-state index contributed by atoms with van der Waals surface area (Å²) in [5, 5.41) is 3.68. The number of guanidine groups is 1. The molecule has 2 fully saturated rings. The molecule has 0 spiro atoms. The first kappa shape index (κ1) is 18.9. The van der Waals surface area contributed by atoms with Crippen LogP contribution in [0.25, 0.3) is 0 Å². The Hall–Kier alpha value is -0.420. The van der Waals surface area contributed by atoms with Gasteiger partial charge in [0.1, 0.15) is 0 Å². The second-order valence-electron chi connectivity index (χ2n) is 7.49. The number of hydrogen-bond donors (Lipinski definition) is 1. The van der Waals surface area contributed by atoms with Gasteiger partial charge in [-0.3, -0.25) is 4.99 Å². The minimum atomic E-state index is 0.302. The fourth-order valence-electron chi connectivity index (χ4n) is 4.07. The van der Waals surface area contributed by atoms with Gasteiger partial charge in [0.25, 0.3) is 0 Å².